The molecule has 34 heavy (non-hydrogen) atoms. The molecule has 0 saturated carbocycles. The lowest BCUT2D eigenvalue weighted by Gasteiger charge is -2.11. The molecule has 0 aliphatic rings. The maximum absolute atomic E-state index is 13.4. The van der Waals surface area contributed by atoms with E-state index in [9.17, 15) is 9.59 Å². The number of hydrogen-bond acceptors (Lipinski definition) is 3. The van der Waals surface area contributed by atoms with Crippen LogP contribution < -0.4 is 11.2 Å². The summed E-state index contributed by atoms with van der Waals surface area (Å²) in [6.07, 6.45) is 1.94. The number of hydrogen-bond donors (Lipinski definition) is 1. The average Bonchev–Trinajstić information content (AvgIpc) is 3.36. The second kappa shape index (κ2) is 8.33. The minimum Gasteiger partial charge on any atom is -0.361 e. The van der Waals surface area contributed by atoms with Crippen molar-refractivity contribution in [3.63, 3.8) is 0 Å². The lowest BCUT2D eigenvalue weighted by molar-refractivity contribution is 0.498. The van der Waals surface area contributed by atoms with Crippen LogP contribution in [0.25, 0.3) is 33.2 Å². The van der Waals surface area contributed by atoms with Crippen LogP contribution in [0.1, 0.15) is 25.0 Å². The zero-order valence-corrected chi connectivity index (χ0v) is 20.3. The molecule has 0 aliphatic carbocycles. The summed E-state index contributed by atoms with van der Waals surface area (Å²) in [7, 11) is 1.53. The Labute approximate surface area is 201 Å². The second-order valence-electron chi connectivity index (χ2n) is 9.23. The Morgan fingerprint density at radius 3 is 2.65 bits per heavy atom. The first-order valence-electron chi connectivity index (χ1n) is 11.3. The van der Waals surface area contributed by atoms with Gasteiger partial charge in [0.2, 0.25) is 0 Å². The largest absolute Gasteiger partial charge is 0.361 e. The number of benzene rings is 2. The molecule has 0 spiro atoms. The molecule has 0 bridgehead atoms. The van der Waals surface area contributed by atoms with Crippen LogP contribution in [0.5, 0.6) is 0 Å². The Morgan fingerprint density at radius 2 is 1.91 bits per heavy atom. The first-order valence-corrected chi connectivity index (χ1v) is 11.6. The van der Waals surface area contributed by atoms with Crippen molar-refractivity contribution in [3.8, 4) is 11.3 Å². The summed E-state index contributed by atoms with van der Waals surface area (Å²) in [6.45, 7) is 6.98. The summed E-state index contributed by atoms with van der Waals surface area (Å²) in [6, 6.07) is 13.7. The van der Waals surface area contributed by atoms with Gasteiger partial charge in [0.1, 0.15) is 5.39 Å². The van der Waals surface area contributed by atoms with E-state index in [1.807, 2.05) is 74.1 Å². The fourth-order valence-corrected chi connectivity index (χ4v) is 4.71. The molecule has 2 aromatic carbocycles. The minimum absolute atomic E-state index is 0.210. The number of nitrogens with one attached hydrogen (secondary N) is 1. The SMILES string of the molecule is Cc1cccc(-c2c3c(=O)n(C)c(=O)n(CC(C)C)c3nn2Cc2c[nH]c3ccc(Cl)cc23)c1. The zero-order chi connectivity index (χ0) is 24.1. The third-order valence-corrected chi connectivity index (χ3v) is 6.35. The third kappa shape index (κ3) is 3.66. The van der Waals surface area contributed by atoms with Gasteiger partial charge in [0.25, 0.3) is 5.56 Å². The number of halogens is 1. The summed E-state index contributed by atoms with van der Waals surface area (Å²) < 4.78 is 4.63. The predicted molar refractivity (Wildman–Crippen MR) is 137 cm³/mol. The molecule has 5 aromatic rings. The average molecular weight is 476 g/mol. The highest BCUT2D eigenvalue weighted by atomic mass is 35.5. The van der Waals surface area contributed by atoms with E-state index >= 15 is 0 Å². The van der Waals surface area contributed by atoms with Gasteiger partial charge in [0.05, 0.1) is 12.2 Å². The fourth-order valence-electron chi connectivity index (χ4n) is 4.53. The van der Waals surface area contributed by atoms with E-state index in [4.69, 9.17) is 16.7 Å². The highest BCUT2D eigenvalue weighted by Crippen LogP contribution is 2.30. The number of H-pyrrole nitrogens is 1. The van der Waals surface area contributed by atoms with Crippen molar-refractivity contribution in [1.82, 2.24) is 23.9 Å². The van der Waals surface area contributed by atoms with Gasteiger partial charge in [-0.1, -0.05) is 49.2 Å². The van der Waals surface area contributed by atoms with E-state index in [1.54, 1.807) is 4.57 Å². The monoisotopic (exact) mass is 475 g/mol. The number of aryl methyl sites for hydroxylation is 1. The topological polar surface area (TPSA) is 77.6 Å². The smallest absolute Gasteiger partial charge is 0.332 e. The summed E-state index contributed by atoms with van der Waals surface area (Å²) >= 11 is 6.27. The molecule has 0 amide bonds. The van der Waals surface area contributed by atoms with Gasteiger partial charge in [-0.15, -0.1) is 0 Å². The minimum atomic E-state index is -0.356. The Kier molecular flexibility index (Phi) is 5.44. The van der Waals surface area contributed by atoms with Gasteiger partial charge < -0.3 is 4.98 Å². The molecule has 1 N–H and O–H groups in total. The summed E-state index contributed by atoms with van der Waals surface area (Å²) in [5.41, 5.74) is 4.34. The van der Waals surface area contributed by atoms with Crippen molar-refractivity contribution >= 4 is 33.5 Å². The molecule has 8 heteroatoms. The first kappa shape index (κ1) is 22.2. The molecule has 3 heterocycles. The number of fused-ring (bicyclic) bond motifs is 2. The summed E-state index contributed by atoms with van der Waals surface area (Å²) in [5, 5.41) is 6.95. The molecule has 5 rings (SSSR count). The highest BCUT2D eigenvalue weighted by Gasteiger charge is 2.23. The lowest BCUT2D eigenvalue weighted by Crippen LogP contribution is -2.38. The van der Waals surface area contributed by atoms with E-state index in [0.717, 1.165) is 27.6 Å². The Balaban J connectivity index is 1.84. The van der Waals surface area contributed by atoms with Crippen molar-refractivity contribution in [2.45, 2.75) is 33.9 Å². The molecule has 0 radical (unpaired) electrons. The van der Waals surface area contributed by atoms with Crippen LogP contribution in [0.4, 0.5) is 0 Å². The fraction of sp³-hybridized carbons (Fsp3) is 0.269. The van der Waals surface area contributed by atoms with Crippen molar-refractivity contribution in [2.75, 3.05) is 0 Å². The maximum Gasteiger partial charge on any atom is 0.332 e. The van der Waals surface area contributed by atoms with Gasteiger partial charge in [0, 0.05) is 41.3 Å². The van der Waals surface area contributed by atoms with Gasteiger partial charge in [-0.25, -0.2) is 4.79 Å². The van der Waals surface area contributed by atoms with Crippen molar-refractivity contribution < 1.29 is 0 Å². The molecule has 0 fully saturated rings. The molecule has 0 unspecified atom stereocenters. The quantitative estimate of drug-likeness (QED) is 0.400. The van der Waals surface area contributed by atoms with E-state index in [1.165, 1.54) is 11.6 Å². The molecule has 7 nitrogen and oxygen atoms in total. The van der Waals surface area contributed by atoms with E-state index in [2.05, 4.69) is 4.98 Å². The Bertz CT molecular complexity index is 1670. The van der Waals surface area contributed by atoms with E-state index < -0.39 is 0 Å². The Morgan fingerprint density at radius 1 is 1.12 bits per heavy atom. The van der Waals surface area contributed by atoms with Crippen LogP contribution in [0.3, 0.4) is 0 Å². The van der Waals surface area contributed by atoms with Crippen LogP contribution in [0.15, 0.2) is 58.3 Å². The molecule has 0 aliphatic heterocycles. The highest BCUT2D eigenvalue weighted by molar-refractivity contribution is 6.31. The molecule has 174 valence electrons. The molecule has 0 saturated heterocycles. The number of nitrogens with zero attached hydrogens (tertiary/aromatic N) is 4. The Hall–Kier alpha value is -3.58. The number of aromatic nitrogens is 5. The van der Waals surface area contributed by atoms with Gasteiger partial charge in [-0.2, -0.15) is 5.10 Å². The lowest BCUT2D eigenvalue weighted by atomic mass is 10.1. The maximum atomic E-state index is 13.4. The predicted octanol–water partition coefficient (Wildman–Crippen LogP) is 4.71. The van der Waals surface area contributed by atoms with Gasteiger partial charge in [-0.05, 0) is 42.7 Å². The van der Waals surface area contributed by atoms with Crippen LogP contribution in [-0.4, -0.2) is 23.9 Å². The van der Waals surface area contributed by atoms with Crippen LogP contribution in [0, 0.1) is 12.8 Å². The van der Waals surface area contributed by atoms with Crippen molar-refractivity contribution in [2.24, 2.45) is 13.0 Å². The molecular formula is C26H26ClN5O2. The molecular weight excluding hydrogens is 450 g/mol. The van der Waals surface area contributed by atoms with Crippen LogP contribution in [0.2, 0.25) is 5.02 Å². The first-order chi connectivity index (χ1) is 16.2. The molecule has 3 aromatic heterocycles. The van der Waals surface area contributed by atoms with Gasteiger partial charge in [0.15, 0.2) is 5.65 Å². The zero-order valence-electron chi connectivity index (χ0n) is 19.6. The van der Waals surface area contributed by atoms with Crippen molar-refractivity contribution in [3.05, 3.63) is 85.6 Å². The normalized spacial score (nSPS) is 11.8. The molecule has 0 atom stereocenters. The van der Waals surface area contributed by atoms with Crippen LogP contribution in [-0.2, 0) is 20.1 Å². The van der Waals surface area contributed by atoms with Gasteiger partial charge >= 0.3 is 5.69 Å². The summed E-state index contributed by atoms with van der Waals surface area (Å²) in [4.78, 5) is 29.7. The third-order valence-electron chi connectivity index (χ3n) is 6.11. The van der Waals surface area contributed by atoms with E-state index in [0.29, 0.717) is 34.8 Å². The number of rotatable bonds is 5. The second-order valence-corrected chi connectivity index (χ2v) is 9.67. The van der Waals surface area contributed by atoms with Crippen molar-refractivity contribution in [1.29, 1.82) is 0 Å². The summed E-state index contributed by atoms with van der Waals surface area (Å²) in [5.74, 6) is 0.210. The van der Waals surface area contributed by atoms with Gasteiger partial charge in [-0.3, -0.25) is 18.6 Å². The number of aromatic amines is 1. The van der Waals surface area contributed by atoms with Crippen LogP contribution >= 0.6 is 11.6 Å². The van der Waals surface area contributed by atoms with E-state index in [-0.39, 0.29) is 17.2 Å². The standard InChI is InChI=1S/C26H26ClN5O2/c1-15(2)13-31-24-22(25(33)30(4)26(31)34)23(17-7-5-6-16(3)10-17)32(29-24)14-18-12-28-21-9-8-19(27)11-20(18)21/h5-12,15,28H,13-14H2,1-4H3.